The Kier molecular flexibility index (Phi) is 5.53. The normalized spacial score (nSPS) is 13.4. The molecule has 0 fully saturated rings. The van der Waals surface area contributed by atoms with Gasteiger partial charge in [-0.2, -0.15) is 0 Å². The molecule has 110 valence electrons. The van der Waals surface area contributed by atoms with Crippen LogP contribution in [0.5, 0.6) is 11.5 Å². The highest BCUT2D eigenvalue weighted by Crippen LogP contribution is 2.30. The van der Waals surface area contributed by atoms with Gasteiger partial charge >= 0.3 is 6.03 Å². The molecule has 1 aromatic rings. The minimum Gasteiger partial charge on any atom is -0.490 e. The Morgan fingerprint density at radius 3 is 2.70 bits per heavy atom. The molecule has 1 aliphatic heterocycles. The topological polar surface area (TPSA) is 59.6 Å². The van der Waals surface area contributed by atoms with Crippen LogP contribution in [0.25, 0.3) is 0 Å². The minimum atomic E-state index is -0.110. The standard InChI is InChI=1S/C15H22N2O3/c1-2-7-16-15(18)17-8-6-12-4-5-13-14(11-12)20-10-3-9-19-13/h4-5,11H,2-3,6-10H2,1H3,(H2,16,17,18). The summed E-state index contributed by atoms with van der Waals surface area (Å²) >= 11 is 0. The van der Waals surface area contributed by atoms with Gasteiger partial charge in [-0.1, -0.05) is 13.0 Å². The average Bonchev–Trinajstić information content (AvgIpc) is 2.70. The zero-order chi connectivity index (χ0) is 14.2. The van der Waals surface area contributed by atoms with Crippen LogP contribution >= 0.6 is 0 Å². The second kappa shape index (κ2) is 7.62. The molecule has 2 amide bonds. The van der Waals surface area contributed by atoms with Crippen molar-refractivity contribution in [1.82, 2.24) is 10.6 Å². The second-order valence-electron chi connectivity index (χ2n) is 4.76. The molecule has 0 radical (unpaired) electrons. The Hall–Kier alpha value is -1.91. The Labute approximate surface area is 119 Å². The molecule has 0 saturated heterocycles. The number of amides is 2. The molecule has 1 heterocycles. The van der Waals surface area contributed by atoms with Gasteiger partial charge in [0.1, 0.15) is 0 Å². The number of hydrogen-bond donors (Lipinski definition) is 2. The lowest BCUT2D eigenvalue weighted by atomic mass is 10.1. The van der Waals surface area contributed by atoms with Crippen LogP contribution < -0.4 is 20.1 Å². The molecule has 0 atom stereocenters. The van der Waals surface area contributed by atoms with Crippen molar-refractivity contribution in [3.8, 4) is 11.5 Å². The highest BCUT2D eigenvalue weighted by molar-refractivity contribution is 5.73. The van der Waals surface area contributed by atoms with E-state index in [0.717, 1.165) is 36.3 Å². The van der Waals surface area contributed by atoms with Gasteiger partial charge in [0.25, 0.3) is 0 Å². The van der Waals surface area contributed by atoms with Gasteiger partial charge in [-0.25, -0.2) is 4.79 Å². The van der Waals surface area contributed by atoms with Gasteiger partial charge < -0.3 is 20.1 Å². The summed E-state index contributed by atoms with van der Waals surface area (Å²) < 4.78 is 11.2. The molecule has 0 unspecified atom stereocenters. The molecular formula is C15H22N2O3. The van der Waals surface area contributed by atoms with Crippen molar-refractivity contribution in [2.75, 3.05) is 26.3 Å². The van der Waals surface area contributed by atoms with E-state index in [9.17, 15) is 4.79 Å². The van der Waals surface area contributed by atoms with Gasteiger partial charge in [-0.05, 0) is 30.5 Å². The molecule has 5 heteroatoms. The molecule has 5 nitrogen and oxygen atoms in total. The van der Waals surface area contributed by atoms with E-state index in [1.165, 1.54) is 0 Å². The van der Waals surface area contributed by atoms with E-state index >= 15 is 0 Å². The minimum absolute atomic E-state index is 0.110. The van der Waals surface area contributed by atoms with Crippen LogP contribution in [0.1, 0.15) is 25.3 Å². The van der Waals surface area contributed by atoms with Crippen molar-refractivity contribution in [2.24, 2.45) is 0 Å². The largest absolute Gasteiger partial charge is 0.490 e. The SMILES string of the molecule is CCCNC(=O)NCCc1ccc2c(c1)OCCCO2. The van der Waals surface area contributed by atoms with Crippen LogP contribution in [-0.2, 0) is 6.42 Å². The predicted molar refractivity (Wildman–Crippen MR) is 77.4 cm³/mol. The van der Waals surface area contributed by atoms with E-state index in [2.05, 4.69) is 10.6 Å². The Bertz CT molecular complexity index is 449. The predicted octanol–water partition coefficient (Wildman–Crippen LogP) is 2.10. The van der Waals surface area contributed by atoms with Crippen LogP contribution in [-0.4, -0.2) is 32.3 Å². The van der Waals surface area contributed by atoms with Gasteiger partial charge in [0.15, 0.2) is 11.5 Å². The van der Waals surface area contributed by atoms with Crippen LogP contribution in [0.3, 0.4) is 0 Å². The van der Waals surface area contributed by atoms with Crippen molar-refractivity contribution in [2.45, 2.75) is 26.2 Å². The van der Waals surface area contributed by atoms with Gasteiger partial charge in [0.05, 0.1) is 13.2 Å². The number of nitrogens with one attached hydrogen (secondary N) is 2. The molecule has 0 aliphatic carbocycles. The second-order valence-corrected chi connectivity index (χ2v) is 4.76. The summed E-state index contributed by atoms with van der Waals surface area (Å²) in [6, 6.07) is 5.83. The summed E-state index contributed by atoms with van der Waals surface area (Å²) in [6.45, 7) is 4.72. The number of carbonyl (C=O) groups is 1. The first kappa shape index (κ1) is 14.5. The van der Waals surface area contributed by atoms with E-state index in [1.807, 2.05) is 25.1 Å². The van der Waals surface area contributed by atoms with Gasteiger partial charge in [-0.15, -0.1) is 0 Å². The number of benzene rings is 1. The fourth-order valence-electron chi connectivity index (χ4n) is 1.98. The van der Waals surface area contributed by atoms with E-state index in [-0.39, 0.29) is 6.03 Å². The smallest absolute Gasteiger partial charge is 0.314 e. The number of fused-ring (bicyclic) bond motifs is 1. The van der Waals surface area contributed by atoms with Crippen LogP contribution in [0.15, 0.2) is 18.2 Å². The summed E-state index contributed by atoms with van der Waals surface area (Å²) in [6.07, 6.45) is 2.62. The molecule has 20 heavy (non-hydrogen) atoms. The summed E-state index contributed by atoms with van der Waals surface area (Å²) in [7, 11) is 0. The van der Waals surface area contributed by atoms with Crippen molar-refractivity contribution >= 4 is 6.03 Å². The number of hydrogen-bond acceptors (Lipinski definition) is 3. The Morgan fingerprint density at radius 2 is 1.90 bits per heavy atom. The third-order valence-corrected chi connectivity index (χ3v) is 3.05. The fourth-order valence-corrected chi connectivity index (χ4v) is 1.98. The highest BCUT2D eigenvalue weighted by Gasteiger charge is 2.10. The third kappa shape index (κ3) is 4.33. The molecule has 0 bridgehead atoms. The van der Waals surface area contributed by atoms with Crippen molar-refractivity contribution in [3.05, 3.63) is 23.8 Å². The van der Waals surface area contributed by atoms with Gasteiger partial charge in [0.2, 0.25) is 0 Å². The zero-order valence-electron chi connectivity index (χ0n) is 11.9. The average molecular weight is 278 g/mol. The number of rotatable bonds is 5. The maximum absolute atomic E-state index is 11.4. The van der Waals surface area contributed by atoms with E-state index in [0.29, 0.717) is 26.3 Å². The van der Waals surface area contributed by atoms with E-state index in [4.69, 9.17) is 9.47 Å². The maximum Gasteiger partial charge on any atom is 0.314 e. The van der Waals surface area contributed by atoms with Crippen LogP contribution in [0.4, 0.5) is 4.79 Å². The Balaban J connectivity index is 1.81. The van der Waals surface area contributed by atoms with Crippen molar-refractivity contribution in [3.63, 3.8) is 0 Å². The summed E-state index contributed by atoms with van der Waals surface area (Å²) in [5.74, 6) is 1.61. The third-order valence-electron chi connectivity index (χ3n) is 3.05. The quantitative estimate of drug-likeness (QED) is 0.867. The van der Waals surface area contributed by atoms with Gasteiger partial charge in [0, 0.05) is 19.5 Å². The number of ether oxygens (including phenoxy) is 2. The monoisotopic (exact) mass is 278 g/mol. The Morgan fingerprint density at radius 1 is 1.15 bits per heavy atom. The molecule has 1 aliphatic rings. The highest BCUT2D eigenvalue weighted by atomic mass is 16.5. The van der Waals surface area contributed by atoms with E-state index < -0.39 is 0 Å². The molecule has 2 N–H and O–H groups in total. The lowest BCUT2D eigenvalue weighted by Gasteiger charge is -2.10. The van der Waals surface area contributed by atoms with Crippen LogP contribution in [0.2, 0.25) is 0 Å². The molecule has 0 aromatic heterocycles. The summed E-state index contributed by atoms with van der Waals surface area (Å²) in [4.78, 5) is 11.4. The molecule has 0 spiro atoms. The summed E-state index contributed by atoms with van der Waals surface area (Å²) in [5, 5.41) is 5.62. The number of urea groups is 1. The van der Waals surface area contributed by atoms with E-state index in [1.54, 1.807) is 0 Å². The first-order valence-corrected chi connectivity index (χ1v) is 7.20. The molecule has 1 aromatic carbocycles. The summed E-state index contributed by atoms with van der Waals surface area (Å²) in [5.41, 5.74) is 1.13. The van der Waals surface area contributed by atoms with Crippen molar-refractivity contribution in [1.29, 1.82) is 0 Å². The van der Waals surface area contributed by atoms with Crippen molar-refractivity contribution < 1.29 is 14.3 Å². The first-order valence-electron chi connectivity index (χ1n) is 7.20. The lowest BCUT2D eigenvalue weighted by Crippen LogP contribution is -2.36. The van der Waals surface area contributed by atoms with Gasteiger partial charge in [-0.3, -0.25) is 0 Å². The number of carbonyl (C=O) groups excluding carboxylic acids is 1. The zero-order valence-corrected chi connectivity index (χ0v) is 11.9. The maximum atomic E-state index is 11.4. The molecule has 2 rings (SSSR count). The lowest BCUT2D eigenvalue weighted by molar-refractivity contribution is 0.241. The fraction of sp³-hybridized carbons (Fsp3) is 0.533. The molecular weight excluding hydrogens is 256 g/mol. The molecule has 0 saturated carbocycles. The van der Waals surface area contributed by atoms with Crippen LogP contribution in [0, 0.1) is 0 Å². The first-order chi connectivity index (χ1) is 9.79.